The van der Waals surface area contributed by atoms with E-state index in [0.717, 1.165) is 29.7 Å². The average Bonchev–Trinajstić information content (AvgIpc) is 2.70. The molecule has 0 saturated carbocycles. The number of anilines is 1. The Balaban J connectivity index is 1.69. The van der Waals surface area contributed by atoms with E-state index in [2.05, 4.69) is 41.8 Å². The van der Waals surface area contributed by atoms with Crippen LogP contribution in [0, 0.1) is 0 Å². The molecule has 1 saturated heterocycles. The lowest BCUT2D eigenvalue weighted by Gasteiger charge is -2.36. The summed E-state index contributed by atoms with van der Waals surface area (Å²) in [7, 11) is 0. The third-order valence-corrected chi connectivity index (χ3v) is 6.14. The van der Waals surface area contributed by atoms with Gasteiger partial charge in [0.1, 0.15) is 5.75 Å². The summed E-state index contributed by atoms with van der Waals surface area (Å²) in [5.74, 6) is 0.362. The van der Waals surface area contributed by atoms with Crippen LogP contribution in [0.2, 0.25) is 5.02 Å². The number of carbonyl (C=O) groups excluding carboxylic acids is 1. The number of aromatic hydroxyl groups is 1. The zero-order valence-electron chi connectivity index (χ0n) is 16.0. The Morgan fingerprint density at radius 3 is 2.59 bits per heavy atom. The standard InChI is InChI=1S/C21H22Br2ClN3O2/c1-2-3-20(28)27-8-6-26(7-9-27)19-5-4-16(12-18(19)24)25-13-14-10-15(22)11-17(23)21(14)29/h4-5,10-13,29H,2-3,6-9H2,1H3. The number of aliphatic imine (C=N–C) groups is 1. The number of phenols is 1. The van der Waals surface area contributed by atoms with Gasteiger partial charge in [-0.2, -0.15) is 0 Å². The van der Waals surface area contributed by atoms with Gasteiger partial charge in [-0.15, -0.1) is 0 Å². The molecule has 0 atom stereocenters. The van der Waals surface area contributed by atoms with Crippen LogP contribution in [0.1, 0.15) is 25.3 Å². The predicted octanol–water partition coefficient (Wildman–Crippen LogP) is 5.77. The predicted molar refractivity (Wildman–Crippen MR) is 126 cm³/mol. The first-order valence-corrected chi connectivity index (χ1v) is 11.4. The Kier molecular flexibility index (Phi) is 7.60. The van der Waals surface area contributed by atoms with Gasteiger partial charge < -0.3 is 14.9 Å². The number of hydrogen-bond donors (Lipinski definition) is 1. The second-order valence-electron chi connectivity index (χ2n) is 6.84. The maximum Gasteiger partial charge on any atom is 0.222 e. The highest BCUT2D eigenvalue weighted by Crippen LogP contribution is 2.33. The first-order chi connectivity index (χ1) is 13.9. The van der Waals surface area contributed by atoms with Gasteiger partial charge in [0.2, 0.25) is 5.91 Å². The molecule has 0 bridgehead atoms. The molecule has 2 aromatic rings. The van der Waals surface area contributed by atoms with Gasteiger partial charge in [0, 0.05) is 48.9 Å². The van der Waals surface area contributed by atoms with E-state index in [9.17, 15) is 9.90 Å². The molecule has 1 N–H and O–H groups in total. The van der Waals surface area contributed by atoms with Crippen molar-refractivity contribution in [2.24, 2.45) is 4.99 Å². The lowest BCUT2D eigenvalue weighted by atomic mass is 10.2. The number of phenolic OH excluding ortho intramolecular Hbond substituents is 1. The van der Waals surface area contributed by atoms with E-state index in [4.69, 9.17) is 11.6 Å². The molecule has 5 nitrogen and oxygen atoms in total. The van der Waals surface area contributed by atoms with E-state index in [-0.39, 0.29) is 11.7 Å². The Hall–Kier alpha value is -1.57. The Morgan fingerprint density at radius 2 is 1.93 bits per heavy atom. The first kappa shape index (κ1) is 22.1. The van der Waals surface area contributed by atoms with Gasteiger partial charge in [0.15, 0.2) is 0 Å². The fourth-order valence-electron chi connectivity index (χ4n) is 3.23. The molecule has 1 fully saturated rings. The number of rotatable bonds is 5. The molecule has 0 aromatic heterocycles. The highest BCUT2D eigenvalue weighted by Gasteiger charge is 2.21. The summed E-state index contributed by atoms with van der Waals surface area (Å²) in [5, 5.41) is 10.8. The number of piperazine rings is 1. The minimum absolute atomic E-state index is 0.134. The molecule has 1 aliphatic heterocycles. The van der Waals surface area contributed by atoms with E-state index in [1.807, 2.05) is 30.0 Å². The van der Waals surface area contributed by atoms with Crippen molar-refractivity contribution in [3.8, 4) is 5.75 Å². The third kappa shape index (κ3) is 5.53. The molecular formula is C21H22Br2ClN3O2. The highest BCUT2D eigenvalue weighted by molar-refractivity contribution is 9.11. The van der Waals surface area contributed by atoms with Crippen LogP contribution in [-0.4, -0.2) is 48.3 Å². The number of hydrogen-bond acceptors (Lipinski definition) is 4. The number of benzene rings is 2. The average molecular weight is 544 g/mol. The zero-order chi connectivity index (χ0) is 21.0. The summed E-state index contributed by atoms with van der Waals surface area (Å²) in [4.78, 5) is 20.6. The van der Waals surface area contributed by atoms with Crippen molar-refractivity contribution in [2.45, 2.75) is 19.8 Å². The van der Waals surface area contributed by atoms with Crippen molar-refractivity contribution >= 4 is 67.0 Å². The van der Waals surface area contributed by atoms with Crippen molar-refractivity contribution in [3.63, 3.8) is 0 Å². The summed E-state index contributed by atoms with van der Waals surface area (Å²) in [6.45, 7) is 4.97. The molecule has 8 heteroatoms. The Bertz CT molecular complexity index is 928. The molecule has 1 amide bonds. The largest absolute Gasteiger partial charge is 0.506 e. The topological polar surface area (TPSA) is 56.1 Å². The maximum atomic E-state index is 12.0. The molecule has 0 radical (unpaired) electrons. The van der Waals surface area contributed by atoms with Crippen molar-refractivity contribution in [1.29, 1.82) is 0 Å². The SMILES string of the molecule is CCCC(=O)N1CCN(c2ccc(N=Cc3cc(Br)cc(Br)c3O)cc2Cl)CC1. The van der Waals surface area contributed by atoms with Crippen LogP contribution in [0.4, 0.5) is 11.4 Å². The van der Waals surface area contributed by atoms with Crippen LogP contribution in [0.3, 0.4) is 0 Å². The second-order valence-corrected chi connectivity index (χ2v) is 9.01. The summed E-state index contributed by atoms with van der Waals surface area (Å²) in [6, 6.07) is 9.23. The number of carbonyl (C=O) groups is 1. The van der Waals surface area contributed by atoms with Crippen LogP contribution in [-0.2, 0) is 4.79 Å². The van der Waals surface area contributed by atoms with E-state index in [0.29, 0.717) is 40.3 Å². The van der Waals surface area contributed by atoms with Gasteiger partial charge in [0.05, 0.1) is 20.9 Å². The molecular weight excluding hydrogens is 522 g/mol. The lowest BCUT2D eigenvalue weighted by Crippen LogP contribution is -2.48. The molecule has 0 spiro atoms. The number of halogens is 3. The minimum Gasteiger partial charge on any atom is -0.506 e. The van der Waals surface area contributed by atoms with Gasteiger partial charge in [0.25, 0.3) is 0 Å². The van der Waals surface area contributed by atoms with Gasteiger partial charge in [-0.1, -0.05) is 34.5 Å². The van der Waals surface area contributed by atoms with Crippen LogP contribution in [0.25, 0.3) is 0 Å². The smallest absolute Gasteiger partial charge is 0.222 e. The summed E-state index contributed by atoms with van der Waals surface area (Å²) < 4.78 is 1.44. The van der Waals surface area contributed by atoms with Crippen molar-refractivity contribution < 1.29 is 9.90 Å². The Morgan fingerprint density at radius 1 is 1.21 bits per heavy atom. The van der Waals surface area contributed by atoms with E-state index in [1.165, 1.54) is 0 Å². The van der Waals surface area contributed by atoms with Crippen LogP contribution in [0.5, 0.6) is 5.75 Å². The molecule has 0 aliphatic carbocycles. The van der Waals surface area contributed by atoms with Crippen LogP contribution >= 0.6 is 43.5 Å². The molecule has 1 aliphatic rings. The molecule has 29 heavy (non-hydrogen) atoms. The van der Waals surface area contributed by atoms with Crippen molar-refractivity contribution in [3.05, 3.63) is 49.9 Å². The summed E-state index contributed by atoms with van der Waals surface area (Å²) in [6.07, 6.45) is 3.09. The minimum atomic E-state index is 0.134. The monoisotopic (exact) mass is 541 g/mol. The van der Waals surface area contributed by atoms with Gasteiger partial charge in [-0.05, 0) is 52.7 Å². The maximum absolute atomic E-state index is 12.0. The highest BCUT2D eigenvalue weighted by atomic mass is 79.9. The van der Waals surface area contributed by atoms with E-state index >= 15 is 0 Å². The molecule has 1 heterocycles. The van der Waals surface area contributed by atoms with Crippen molar-refractivity contribution in [1.82, 2.24) is 4.90 Å². The molecule has 154 valence electrons. The molecule has 0 unspecified atom stereocenters. The second kappa shape index (κ2) is 9.96. The van der Waals surface area contributed by atoms with Crippen LogP contribution in [0.15, 0.2) is 44.3 Å². The van der Waals surface area contributed by atoms with Gasteiger partial charge in [-0.3, -0.25) is 9.79 Å². The number of nitrogens with zero attached hydrogens (tertiary/aromatic N) is 3. The van der Waals surface area contributed by atoms with Gasteiger partial charge >= 0.3 is 0 Å². The first-order valence-electron chi connectivity index (χ1n) is 9.43. The zero-order valence-corrected chi connectivity index (χ0v) is 20.0. The molecule has 3 rings (SSSR count). The van der Waals surface area contributed by atoms with Crippen LogP contribution < -0.4 is 4.90 Å². The molecule has 2 aromatic carbocycles. The summed E-state index contributed by atoms with van der Waals surface area (Å²) in [5.41, 5.74) is 2.24. The third-order valence-electron chi connectivity index (χ3n) is 4.78. The quantitative estimate of drug-likeness (QED) is 0.487. The lowest BCUT2D eigenvalue weighted by molar-refractivity contribution is -0.131. The summed E-state index contributed by atoms with van der Waals surface area (Å²) >= 11 is 13.2. The van der Waals surface area contributed by atoms with E-state index in [1.54, 1.807) is 18.3 Å². The number of amides is 1. The van der Waals surface area contributed by atoms with E-state index < -0.39 is 0 Å². The fourth-order valence-corrected chi connectivity index (χ4v) is 4.78. The Labute approximate surface area is 192 Å². The van der Waals surface area contributed by atoms with Crippen molar-refractivity contribution in [2.75, 3.05) is 31.1 Å². The normalized spacial score (nSPS) is 14.6. The fraction of sp³-hybridized carbons (Fsp3) is 0.333. The van der Waals surface area contributed by atoms with Gasteiger partial charge in [-0.25, -0.2) is 0 Å².